The zero-order valence-corrected chi connectivity index (χ0v) is 14.7. The van der Waals surface area contributed by atoms with Crippen LogP contribution in [0.4, 0.5) is 0 Å². The number of amides is 1. The molecule has 0 spiro atoms. The molecule has 0 aromatic heterocycles. The lowest BCUT2D eigenvalue weighted by atomic mass is 9.86. The number of hydrazine groups is 1. The Kier molecular flexibility index (Phi) is 6.92. The maximum Gasteiger partial charge on any atom is 0.276 e. The highest BCUT2D eigenvalue weighted by Gasteiger charge is 2.21. The maximum atomic E-state index is 11.7. The van der Waals surface area contributed by atoms with E-state index in [4.69, 9.17) is 28.6 Å². The van der Waals surface area contributed by atoms with E-state index in [9.17, 15) is 4.79 Å². The van der Waals surface area contributed by atoms with E-state index in [1.807, 2.05) is 0 Å². The van der Waals surface area contributed by atoms with Crippen molar-refractivity contribution in [3.63, 3.8) is 0 Å². The molecule has 2 rings (SSSR count). The zero-order valence-electron chi connectivity index (χ0n) is 13.1. The fourth-order valence-electron chi connectivity index (χ4n) is 2.58. The van der Waals surface area contributed by atoms with Gasteiger partial charge in [-0.25, -0.2) is 0 Å². The second-order valence-electron chi connectivity index (χ2n) is 5.76. The van der Waals surface area contributed by atoms with Crippen molar-refractivity contribution < 1.29 is 9.53 Å². The summed E-state index contributed by atoms with van der Waals surface area (Å²) in [4.78, 5) is 11.7. The van der Waals surface area contributed by atoms with Gasteiger partial charge in [0.1, 0.15) is 5.75 Å². The normalized spacial score (nSPS) is 20.4. The van der Waals surface area contributed by atoms with Crippen LogP contribution in [0, 0.1) is 5.92 Å². The Bertz CT molecular complexity index is 539. The second kappa shape index (κ2) is 8.93. The van der Waals surface area contributed by atoms with Gasteiger partial charge in [-0.3, -0.25) is 15.6 Å². The van der Waals surface area contributed by atoms with Crippen molar-refractivity contribution in [3.05, 3.63) is 29.3 Å². The van der Waals surface area contributed by atoms with Gasteiger partial charge in [0.2, 0.25) is 0 Å². The maximum absolute atomic E-state index is 11.7. The summed E-state index contributed by atoms with van der Waals surface area (Å²) in [6, 6.07) is 7.19. The molecule has 5 nitrogen and oxygen atoms in total. The number of carbonyl (C=O) groups excluding carboxylic acids is 1. The lowest BCUT2D eigenvalue weighted by Crippen LogP contribution is -2.52. The van der Waals surface area contributed by atoms with Crippen LogP contribution in [0.5, 0.6) is 5.75 Å². The number of rotatable bonds is 4. The van der Waals surface area contributed by atoms with E-state index in [1.54, 1.807) is 24.3 Å². The summed E-state index contributed by atoms with van der Waals surface area (Å²) in [5.41, 5.74) is 5.24. The van der Waals surface area contributed by atoms with Crippen molar-refractivity contribution in [2.45, 2.75) is 38.6 Å². The van der Waals surface area contributed by atoms with Crippen molar-refractivity contribution >= 4 is 34.8 Å². The standard InChI is InChI=1S/C16H22ClN3O2S/c1-11-4-2-3-5-14(11)18-16(23)20-19-15(21)10-22-13-8-6-12(17)7-9-13/h6-9,11,14H,2-5,10H2,1H3,(H,19,21)(H2,18,20,23)/t11-,14-/m1/s1. The molecule has 1 amide bonds. The van der Waals surface area contributed by atoms with Gasteiger partial charge in [0, 0.05) is 11.1 Å². The molecule has 0 radical (unpaired) electrons. The van der Waals surface area contributed by atoms with Gasteiger partial charge in [0.25, 0.3) is 5.91 Å². The minimum Gasteiger partial charge on any atom is -0.484 e. The first-order valence-electron chi connectivity index (χ1n) is 7.78. The predicted octanol–water partition coefficient (Wildman–Crippen LogP) is 2.79. The number of benzene rings is 1. The van der Waals surface area contributed by atoms with Crippen LogP contribution in [-0.4, -0.2) is 23.7 Å². The van der Waals surface area contributed by atoms with Crippen LogP contribution in [0.1, 0.15) is 32.6 Å². The van der Waals surface area contributed by atoms with Gasteiger partial charge in [0.05, 0.1) is 0 Å². The number of ether oxygens (including phenoxy) is 1. The Labute approximate surface area is 147 Å². The highest BCUT2D eigenvalue weighted by molar-refractivity contribution is 7.80. The fourth-order valence-corrected chi connectivity index (χ4v) is 2.91. The highest BCUT2D eigenvalue weighted by atomic mass is 35.5. The molecule has 1 aromatic rings. The number of halogens is 1. The van der Waals surface area contributed by atoms with Crippen LogP contribution in [0.25, 0.3) is 0 Å². The third-order valence-electron chi connectivity index (χ3n) is 3.93. The van der Waals surface area contributed by atoms with Crippen LogP contribution in [0.15, 0.2) is 24.3 Å². The Morgan fingerprint density at radius 2 is 1.96 bits per heavy atom. The molecule has 1 aromatic carbocycles. The van der Waals surface area contributed by atoms with Gasteiger partial charge in [0.15, 0.2) is 11.7 Å². The molecule has 1 fully saturated rings. The average molecular weight is 356 g/mol. The highest BCUT2D eigenvalue weighted by Crippen LogP contribution is 2.23. The lowest BCUT2D eigenvalue weighted by Gasteiger charge is -2.30. The first kappa shape index (κ1) is 17.8. The molecule has 0 unspecified atom stereocenters. The summed E-state index contributed by atoms with van der Waals surface area (Å²) < 4.78 is 5.35. The Morgan fingerprint density at radius 1 is 1.26 bits per heavy atom. The Morgan fingerprint density at radius 3 is 2.65 bits per heavy atom. The molecule has 1 aliphatic carbocycles. The second-order valence-corrected chi connectivity index (χ2v) is 6.60. The third-order valence-corrected chi connectivity index (χ3v) is 4.40. The number of nitrogens with one attached hydrogen (secondary N) is 3. The van der Waals surface area contributed by atoms with Crippen LogP contribution >= 0.6 is 23.8 Å². The molecule has 7 heteroatoms. The summed E-state index contributed by atoms with van der Waals surface area (Å²) in [5.74, 6) is 0.870. The molecule has 0 bridgehead atoms. The average Bonchev–Trinajstić information content (AvgIpc) is 2.54. The molecule has 0 aliphatic heterocycles. The molecule has 1 aliphatic rings. The van der Waals surface area contributed by atoms with Gasteiger partial charge < -0.3 is 10.1 Å². The number of carbonyl (C=O) groups is 1. The number of thiocarbonyl (C=S) groups is 1. The minimum absolute atomic E-state index is 0.100. The van der Waals surface area contributed by atoms with E-state index in [0.717, 1.165) is 6.42 Å². The SMILES string of the molecule is C[C@@H]1CCCC[C@H]1NC(=S)NNC(=O)COc1ccc(Cl)cc1. The molecule has 1 saturated carbocycles. The van der Waals surface area contributed by atoms with E-state index in [2.05, 4.69) is 23.1 Å². The summed E-state index contributed by atoms with van der Waals surface area (Å²) in [6.07, 6.45) is 4.81. The molecule has 3 N–H and O–H groups in total. The molecule has 0 heterocycles. The lowest BCUT2D eigenvalue weighted by molar-refractivity contribution is -0.123. The van der Waals surface area contributed by atoms with Crippen molar-refractivity contribution in [3.8, 4) is 5.75 Å². The van der Waals surface area contributed by atoms with Crippen LogP contribution < -0.4 is 20.9 Å². The molecular formula is C16H22ClN3O2S. The smallest absolute Gasteiger partial charge is 0.276 e. The van der Waals surface area contributed by atoms with Crippen LogP contribution in [0.3, 0.4) is 0 Å². The topological polar surface area (TPSA) is 62.4 Å². The van der Waals surface area contributed by atoms with Crippen LogP contribution in [-0.2, 0) is 4.79 Å². The van der Waals surface area contributed by atoms with E-state index < -0.39 is 0 Å². The fraction of sp³-hybridized carbons (Fsp3) is 0.500. The number of hydrogen-bond donors (Lipinski definition) is 3. The van der Waals surface area contributed by atoms with Crippen molar-refractivity contribution in [2.75, 3.05) is 6.61 Å². The van der Waals surface area contributed by atoms with E-state index in [-0.39, 0.29) is 12.5 Å². The summed E-state index contributed by atoms with van der Waals surface area (Å²) in [7, 11) is 0. The molecule has 2 atom stereocenters. The molecule has 126 valence electrons. The van der Waals surface area contributed by atoms with Crippen molar-refractivity contribution in [2.24, 2.45) is 5.92 Å². The minimum atomic E-state index is -0.305. The molecule has 0 saturated heterocycles. The Hall–Kier alpha value is -1.53. The summed E-state index contributed by atoms with van der Waals surface area (Å²) in [6.45, 7) is 2.12. The van der Waals surface area contributed by atoms with Gasteiger partial charge in [-0.05, 0) is 55.2 Å². The first-order chi connectivity index (χ1) is 11.0. The van der Waals surface area contributed by atoms with Gasteiger partial charge in [-0.2, -0.15) is 0 Å². The summed E-state index contributed by atoms with van der Waals surface area (Å²) in [5, 5.41) is 4.31. The molecule has 23 heavy (non-hydrogen) atoms. The zero-order chi connectivity index (χ0) is 16.7. The van der Waals surface area contributed by atoms with Gasteiger partial charge in [-0.1, -0.05) is 31.4 Å². The predicted molar refractivity (Wildman–Crippen MR) is 95.4 cm³/mol. The Balaban J connectivity index is 1.65. The van der Waals surface area contributed by atoms with Crippen LogP contribution in [0.2, 0.25) is 5.02 Å². The van der Waals surface area contributed by atoms with Gasteiger partial charge in [-0.15, -0.1) is 0 Å². The molecular weight excluding hydrogens is 334 g/mol. The monoisotopic (exact) mass is 355 g/mol. The van der Waals surface area contributed by atoms with Gasteiger partial charge >= 0.3 is 0 Å². The third kappa shape index (κ3) is 6.23. The van der Waals surface area contributed by atoms with E-state index >= 15 is 0 Å². The van der Waals surface area contributed by atoms with Crippen molar-refractivity contribution in [1.29, 1.82) is 0 Å². The van der Waals surface area contributed by atoms with E-state index in [0.29, 0.717) is 27.8 Å². The number of hydrogen-bond acceptors (Lipinski definition) is 3. The largest absolute Gasteiger partial charge is 0.484 e. The van der Waals surface area contributed by atoms with Crippen molar-refractivity contribution in [1.82, 2.24) is 16.2 Å². The first-order valence-corrected chi connectivity index (χ1v) is 8.57. The quantitative estimate of drug-likeness (QED) is 0.572. The van der Waals surface area contributed by atoms with E-state index in [1.165, 1.54) is 19.3 Å². The summed E-state index contributed by atoms with van der Waals surface area (Å²) >= 11 is 11.0.